The molecule has 1 aliphatic heterocycles. The molecular weight excluding hydrogens is 462 g/mol. The van der Waals surface area contributed by atoms with Crippen molar-refractivity contribution in [2.24, 2.45) is 5.92 Å². The fourth-order valence-electron chi connectivity index (χ4n) is 3.49. The third-order valence-electron chi connectivity index (χ3n) is 5.52. The minimum Gasteiger partial charge on any atom is -0.469 e. The van der Waals surface area contributed by atoms with Gasteiger partial charge in [-0.15, -0.1) is 0 Å². The molecule has 0 radical (unpaired) electrons. The van der Waals surface area contributed by atoms with Crippen LogP contribution in [0.5, 0.6) is 0 Å². The lowest BCUT2D eigenvalue weighted by Gasteiger charge is -2.26. The monoisotopic (exact) mass is 497 g/mol. The van der Waals surface area contributed by atoms with Gasteiger partial charge in [-0.2, -0.15) is 4.31 Å². The Labute approximate surface area is 201 Å². The fraction of sp³-hybridized carbons (Fsp3) is 0.609. The van der Waals surface area contributed by atoms with E-state index in [1.165, 1.54) is 35.7 Å². The smallest absolute Gasteiger partial charge is 0.305 e. The minimum atomic E-state index is -3.74. The molecule has 0 aromatic heterocycles. The number of methoxy groups -OCH3 is 1. The molecule has 10 nitrogen and oxygen atoms in total. The number of nitrogens with zero attached hydrogens (tertiary/aromatic N) is 1. The summed E-state index contributed by atoms with van der Waals surface area (Å²) in [6, 6.07) is 5.04. The van der Waals surface area contributed by atoms with Crippen LogP contribution in [0.4, 0.5) is 0 Å². The summed E-state index contributed by atoms with van der Waals surface area (Å²) >= 11 is 0. The third kappa shape index (κ3) is 8.07. The molecule has 2 amide bonds. The van der Waals surface area contributed by atoms with E-state index in [0.29, 0.717) is 39.0 Å². The Hall–Kier alpha value is -2.50. The lowest BCUT2D eigenvalue weighted by Crippen LogP contribution is -2.49. The largest absolute Gasteiger partial charge is 0.469 e. The summed E-state index contributed by atoms with van der Waals surface area (Å²) in [6.45, 7) is 5.24. The average Bonchev–Trinajstić information content (AvgIpc) is 2.84. The van der Waals surface area contributed by atoms with Crippen molar-refractivity contribution in [2.75, 3.05) is 40.0 Å². The summed E-state index contributed by atoms with van der Waals surface area (Å²) in [7, 11) is -2.39. The van der Waals surface area contributed by atoms with Crippen LogP contribution in [0.1, 0.15) is 49.9 Å². The van der Waals surface area contributed by atoms with Crippen LogP contribution in [0.25, 0.3) is 0 Å². The Bertz CT molecular complexity index is 944. The zero-order valence-corrected chi connectivity index (χ0v) is 20.9. The molecular formula is C23H35N3O7S. The average molecular weight is 498 g/mol. The van der Waals surface area contributed by atoms with Crippen LogP contribution in [0.15, 0.2) is 29.2 Å². The Morgan fingerprint density at radius 3 is 2.47 bits per heavy atom. The van der Waals surface area contributed by atoms with Crippen LogP contribution >= 0.6 is 0 Å². The predicted octanol–water partition coefficient (Wildman–Crippen LogP) is 1.31. The highest BCUT2D eigenvalue weighted by Crippen LogP contribution is 2.18. The number of nitrogens with one attached hydrogen (secondary N) is 2. The van der Waals surface area contributed by atoms with Crippen LogP contribution < -0.4 is 10.6 Å². The van der Waals surface area contributed by atoms with E-state index in [2.05, 4.69) is 15.4 Å². The number of esters is 1. The number of hydrogen-bond acceptors (Lipinski definition) is 7. The molecule has 0 spiro atoms. The summed E-state index contributed by atoms with van der Waals surface area (Å²) in [5.74, 6) is -1.27. The quantitative estimate of drug-likeness (QED) is 0.329. The van der Waals surface area contributed by atoms with Crippen molar-refractivity contribution in [2.45, 2.75) is 50.5 Å². The van der Waals surface area contributed by atoms with Crippen molar-refractivity contribution in [1.29, 1.82) is 0 Å². The van der Waals surface area contributed by atoms with E-state index in [1.54, 1.807) is 0 Å². The number of sulfonamides is 1. The molecule has 34 heavy (non-hydrogen) atoms. The maximum Gasteiger partial charge on any atom is 0.305 e. The molecule has 190 valence electrons. The first-order valence-corrected chi connectivity index (χ1v) is 12.9. The van der Waals surface area contributed by atoms with E-state index < -0.39 is 22.0 Å². The van der Waals surface area contributed by atoms with Crippen molar-refractivity contribution in [3.63, 3.8) is 0 Å². The molecule has 1 aliphatic rings. The normalized spacial score (nSPS) is 15.5. The zero-order chi connectivity index (χ0) is 25.1. The minimum absolute atomic E-state index is 0.0274. The summed E-state index contributed by atoms with van der Waals surface area (Å²) in [4.78, 5) is 36.7. The van der Waals surface area contributed by atoms with Crippen LogP contribution in [0.2, 0.25) is 0 Å². The zero-order valence-electron chi connectivity index (χ0n) is 20.0. The Balaban J connectivity index is 1.95. The number of rotatable bonds is 12. The van der Waals surface area contributed by atoms with E-state index in [4.69, 9.17) is 4.74 Å². The molecule has 1 aromatic rings. The highest BCUT2D eigenvalue weighted by molar-refractivity contribution is 7.89. The first-order valence-electron chi connectivity index (χ1n) is 11.5. The number of carbonyl (C=O) groups is 3. The topological polar surface area (TPSA) is 131 Å². The lowest BCUT2D eigenvalue weighted by atomic mass is 10.0. The van der Waals surface area contributed by atoms with Crippen LogP contribution in [-0.4, -0.2) is 76.5 Å². The Morgan fingerprint density at radius 2 is 1.82 bits per heavy atom. The maximum absolute atomic E-state index is 12.9. The van der Waals surface area contributed by atoms with Gasteiger partial charge >= 0.3 is 5.97 Å². The number of morpholine rings is 1. The van der Waals surface area contributed by atoms with Gasteiger partial charge in [-0.25, -0.2) is 8.42 Å². The standard InChI is InChI=1S/C23H35N3O7S/c1-17(2)21(23(29)24-11-6-4-5-10-20(27)32-3)25-22(28)18-8-7-9-19(16-18)34(30,31)26-12-14-33-15-13-26/h7-9,16-17,21H,4-6,10-15H2,1-3H3,(H,24,29)(H,25,28)/t21-/m0/s1. The number of ether oxygens (including phenoxy) is 2. The van der Waals surface area contributed by atoms with Gasteiger partial charge in [0.15, 0.2) is 0 Å². The molecule has 2 N–H and O–H groups in total. The lowest BCUT2D eigenvalue weighted by molar-refractivity contribution is -0.140. The Kier molecular flexibility index (Phi) is 10.9. The van der Waals surface area contributed by atoms with Crippen molar-refractivity contribution in [1.82, 2.24) is 14.9 Å². The summed E-state index contributed by atoms with van der Waals surface area (Å²) in [5, 5.41) is 5.54. The first-order chi connectivity index (χ1) is 16.2. The molecule has 1 aromatic carbocycles. The van der Waals surface area contributed by atoms with Crippen molar-refractivity contribution in [3.8, 4) is 0 Å². The maximum atomic E-state index is 12.9. The summed E-state index contributed by atoms with van der Waals surface area (Å²) < 4.78 is 36.9. The van der Waals surface area contributed by atoms with Gasteiger partial charge in [-0.1, -0.05) is 26.3 Å². The second kappa shape index (κ2) is 13.4. The molecule has 0 aliphatic carbocycles. The predicted molar refractivity (Wildman–Crippen MR) is 126 cm³/mol. The summed E-state index contributed by atoms with van der Waals surface area (Å²) in [5.41, 5.74) is 0.163. The van der Waals surface area contributed by atoms with Gasteiger partial charge in [-0.05, 0) is 37.0 Å². The van der Waals surface area contributed by atoms with Gasteiger partial charge in [-0.3, -0.25) is 14.4 Å². The van der Waals surface area contributed by atoms with Gasteiger partial charge in [0.2, 0.25) is 15.9 Å². The highest BCUT2D eigenvalue weighted by atomic mass is 32.2. The van der Waals surface area contributed by atoms with E-state index in [0.717, 1.165) is 6.42 Å². The van der Waals surface area contributed by atoms with Gasteiger partial charge in [0.05, 0.1) is 25.2 Å². The van der Waals surface area contributed by atoms with E-state index >= 15 is 0 Å². The van der Waals surface area contributed by atoms with Crippen LogP contribution in [-0.2, 0) is 29.1 Å². The van der Waals surface area contributed by atoms with E-state index in [1.807, 2.05) is 13.8 Å². The van der Waals surface area contributed by atoms with Gasteiger partial charge in [0.25, 0.3) is 5.91 Å². The number of hydrogen-bond donors (Lipinski definition) is 2. The molecule has 11 heteroatoms. The molecule has 1 saturated heterocycles. The van der Waals surface area contributed by atoms with Gasteiger partial charge < -0.3 is 20.1 Å². The van der Waals surface area contributed by atoms with E-state index in [-0.39, 0.29) is 41.3 Å². The summed E-state index contributed by atoms with van der Waals surface area (Å²) in [6.07, 6.45) is 2.48. The fourth-order valence-corrected chi connectivity index (χ4v) is 4.94. The molecule has 0 unspecified atom stereocenters. The Morgan fingerprint density at radius 1 is 1.12 bits per heavy atom. The van der Waals surface area contributed by atoms with E-state index in [9.17, 15) is 22.8 Å². The van der Waals surface area contributed by atoms with Crippen molar-refractivity contribution >= 4 is 27.8 Å². The van der Waals surface area contributed by atoms with Crippen LogP contribution in [0.3, 0.4) is 0 Å². The van der Waals surface area contributed by atoms with Crippen molar-refractivity contribution < 1.29 is 32.3 Å². The number of amides is 2. The first kappa shape index (κ1) is 27.7. The number of unbranched alkanes of at least 4 members (excludes halogenated alkanes) is 2. The molecule has 0 saturated carbocycles. The molecule has 1 heterocycles. The molecule has 1 atom stereocenters. The molecule has 0 bridgehead atoms. The van der Waals surface area contributed by atoms with Gasteiger partial charge in [0, 0.05) is 31.6 Å². The second-order valence-electron chi connectivity index (χ2n) is 8.42. The highest BCUT2D eigenvalue weighted by Gasteiger charge is 2.28. The van der Waals surface area contributed by atoms with Crippen LogP contribution in [0, 0.1) is 5.92 Å². The second-order valence-corrected chi connectivity index (χ2v) is 10.4. The molecule has 2 rings (SSSR count). The van der Waals surface area contributed by atoms with Crippen molar-refractivity contribution in [3.05, 3.63) is 29.8 Å². The number of benzene rings is 1. The number of carbonyl (C=O) groups excluding carboxylic acids is 3. The third-order valence-corrected chi connectivity index (χ3v) is 7.42. The molecule has 1 fully saturated rings. The van der Waals surface area contributed by atoms with Gasteiger partial charge in [0.1, 0.15) is 6.04 Å². The SMILES string of the molecule is COC(=O)CCCCCNC(=O)[C@@H](NC(=O)c1cccc(S(=O)(=O)N2CCOCC2)c1)C(C)C.